The second-order valence-corrected chi connectivity index (χ2v) is 12.3. The van der Waals surface area contributed by atoms with Crippen LogP contribution in [-0.2, 0) is 29.7 Å². The predicted molar refractivity (Wildman–Crippen MR) is 141 cm³/mol. The number of nitrogens with zero attached hydrogens (tertiary/aromatic N) is 4. The zero-order valence-corrected chi connectivity index (χ0v) is 22.7. The summed E-state index contributed by atoms with van der Waals surface area (Å²) in [5, 5.41) is 0.703. The maximum absolute atomic E-state index is 14.1. The number of aromatic nitrogens is 2. The van der Waals surface area contributed by atoms with Crippen LogP contribution in [0.25, 0.3) is 0 Å². The zero-order chi connectivity index (χ0) is 25.7. The molecule has 1 aromatic heterocycles. The molecule has 1 spiro atoms. The van der Waals surface area contributed by atoms with Crippen LogP contribution in [0.2, 0.25) is 5.02 Å². The molecule has 8 heteroatoms. The van der Waals surface area contributed by atoms with Gasteiger partial charge in [-0.1, -0.05) is 31.4 Å². The first-order valence-corrected chi connectivity index (χ1v) is 14.2. The fourth-order valence-corrected chi connectivity index (χ4v) is 7.08. The maximum atomic E-state index is 14.1. The van der Waals surface area contributed by atoms with E-state index in [0.29, 0.717) is 43.5 Å². The van der Waals surface area contributed by atoms with Crippen LogP contribution in [0.15, 0.2) is 24.7 Å². The van der Waals surface area contributed by atoms with E-state index in [9.17, 15) is 9.59 Å². The summed E-state index contributed by atoms with van der Waals surface area (Å²) in [5.74, 6) is 1.59. The van der Waals surface area contributed by atoms with Gasteiger partial charge in [0.2, 0.25) is 11.8 Å². The second-order valence-electron chi connectivity index (χ2n) is 11.9. The molecule has 0 radical (unpaired) electrons. The zero-order valence-electron chi connectivity index (χ0n) is 21.9. The van der Waals surface area contributed by atoms with Crippen molar-refractivity contribution in [2.24, 2.45) is 24.3 Å². The lowest BCUT2D eigenvalue weighted by Gasteiger charge is -2.43. The largest absolute Gasteiger partial charge is 0.487 e. The van der Waals surface area contributed by atoms with Gasteiger partial charge in [-0.3, -0.25) is 9.59 Å². The van der Waals surface area contributed by atoms with Crippen molar-refractivity contribution in [2.75, 3.05) is 19.6 Å². The number of aryl methyl sites for hydroxylation is 1. The number of ether oxygens (including phenoxy) is 1. The van der Waals surface area contributed by atoms with Gasteiger partial charge in [0.05, 0.1) is 18.1 Å². The van der Waals surface area contributed by atoms with Gasteiger partial charge in [-0.2, -0.15) is 0 Å². The first-order valence-electron chi connectivity index (χ1n) is 13.8. The van der Waals surface area contributed by atoms with Crippen molar-refractivity contribution in [2.45, 2.75) is 70.9 Å². The fraction of sp³-hybridized carbons (Fsp3) is 0.621. The number of rotatable bonds is 6. The summed E-state index contributed by atoms with van der Waals surface area (Å²) in [6.07, 6.45) is 11.6. The minimum absolute atomic E-state index is 0.0407. The van der Waals surface area contributed by atoms with E-state index >= 15 is 0 Å². The summed E-state index contributed by atoms with van der Waals surface area (Å²) in [4.78, 5) is 35.6. The van der Waals surface area contributed by atoms with Crippen molar-refractivity contribution < 1.29 is 14.3 Å². The van der Waals surface area contributed by atoms with Gasteiger partial charge in [0.25, 0.3) is 0 Å². The molecule has 0 unspecified atom stereocenters. The van der Waals surface area contributed by atoms with E-state index in [0.717, 1.165) is 61.2 Å². The van der Waals surface area contributed by atoms with Crippen LogP contribution in [0.1, 0.15) is 74.7 Å². The molecule has 6 rings (SSSR count). The molecule has 4 aliphatic rings. The Bertz CT molecular complexity index is 1210. The van der Waals surface area contributed by atoms with Crippen LogP contribution in [0.5, 0.6) is 5.75 Å². The monoisotopic (exact) mass is 524 g/mol. The first kappa shape index (κ1) is 24.8. The summed E-state index contributed by atoms with van der Waals surface area (Å²) in [6.45, 7) is 4.47. The van der Waals surface area contributed by atoms with E-state index in [2.05, 4.69) is 16.8 Å². The number of carbonyl (C=O) groups excluding carboxylic acids is 2. The van der Waals surface area contributed by atoms with Gasteiger partial charge in [0.15, 0.2) is 0 Å². The number of fused-ring (bicyclic) bond motifs is 1. The highest BCUT2D eigenvalue weighted by molar-refractivity contribution is 6.31. The number of halogens is 1. The summed E-state index contributed by atoms with van der Waals surface area (Å²) < 4.78 is 8.25. The van der Waals surface area contributed by atoms with Gasteiger partial charge in [0.1, 0.15) is 12.4 Å². The van der Waals surface area contributed by atoms with E-state index < -0.39 is 0 Å². The molecule has 3 atom stereocenters. The van der Waals surface area contributed by atoms with Crippen molar-refractivity contribution in [3.05, 3.63) is 46.5 Å². The number of hydrogen-bond acceptors (Lipinski definition) is 4. The molecule has 2 aliphatic carbocycles. The lowest BCUT2D eigenvalue weighted by Crippen LogP contribution is -2.49. The van der Waals surface area contributed by atoms with Crippen LogP contribution in [0, 0.1) is 17.3 Å². The van der Waals surface area contributed by atoms with Gasteiger partial charge in [-0.05, 0) is 61.1 Å². The highest BCUT2D eigenvalue weighted by Gasteiger charge is 2.52. The molecule has 198 valence electrons. The molecule has 1 aromatic carbocycles. The Balaban J connectivity index is 1.35. The van der Waals surface area contributed by atoms with E-state index in [4.69, 9.17) is 16.3 Å². The summed E-state index contributed by atoms with van der Waals surface area (Å²) in [7, 11) is 1.94. The standard InChI is InChI=1S/C29H37ClN4O3/c1-19-5-3-4-6-21(19)28(36)34-12-9-22-23(30)7-8-25(37-16-20-14-32(2)18-31-20)27(22)24(34)15-33-17-29(10-11-29)13-26(33)35/h7-8,14,18-19,21,24H,3-6,9-13,15-17H2,1-2H3/t19-,21+,24+/m0/s1. The molecular weight excluding hydrogens is 488 g/mol. The number of hydrogen-bond donors (Lipinski definition) is 0. The predicted octanol–water partition coefficient (Wildman–Crippen LogP) is 4.92. The molecule has 0 N–H and O–H groups in total. The third kappa shape index (κ3) is 4.75. The van der Waals surface area contributed by atoms with Crippen molar-refractivity contribution in [1.29, 1.82) is 0 Å². The minimum atomic E-state index is -0.263. The molecular formula is C29H37ClN4O3. The van der Waals surface area contributed by atoms with Crippen molar-refractivity contribution in [1.82, 2.24) is 19.4 Å². The van der Waals surface area contributed by atoms with Crippen LogP contribution in [-0.4, -0.2) is 50.8 Å². The van der Waals surface area contributed by atoms with Crippen LogP contribution >= 0.6 is 11.6 Å². The van der Waals surface area contributed by atoms with E-state index in [-0.39, 0.29) is 29.2 Å². The topological polar surface area (TPSA) is 67.7 Å². The molecule has 3 fully saturated rings. The quantitative estimate of drug-likeness (QED) is 0.538. The first-order chi connectivity index (χ1) is 17.8. The average molecular weight is 525 g/mol. The van der Waals surface area contributed by atoms with Gasteiger partial charge < -0.3 is 19.1 Å². The van der Waals surface area contributed by atoms with Crippen molar-refractivity contribution in [3.8, 4) is 5.75 Å². The van der Waals surface area contributed by atoms with E-state index in [1.54, 1.807) is 6.33 Å². The lowest BCUT2D eigenvalue weighted by molar-refractivity contribution is -0.143. The number of imidazole rings is 1. The third-order valence-corrected chi connectivity index (χ3v) is 9.53. The highest BCUT2D eigenvalue weighted by atomic mass is 35.5. The van der Waals surface area contributed by atoms with Gasteiger partial charge >= 0.3 is 0 Å². The normalized spacial score (nSPS) is 26.5. The Labute approximate surface area is 224 Å². The van der Waals surface area contributed by atoms with Crippen LogP contribution in [0.4, 0.5) is 0 Å². The Morgan fingerprint density at radius 3 is 2.76 bits per heavy atom. The van der Waals surface area contributed by atoms with Crippen LogP contribution < -0.4 is 4.74 Å². The van der Waals surface area contributed by atoms with E-state index in [1.807, 2.05) is 34.8 Å². The Hall–Kier alpha value is -2.54. The van der Waals surface area contributed by atoms with E-state index in [1.165, 1.54) is 6.42 Å². The summed E-state index contributed by atoms with van der Waals surface area (Å²) in [6, 6.07) is 3.55. The number of benzene rings is 1. The van der Waals surface area contributed by atoms with Crippen LogP contribution in [0.3, 0.4) is 0 Å². The van der Waals surface area contributed by atoms with Gasteiger partial charge in [-0.25, -0.2) is 4.98 Å². The SMILES string of the molecule is C[C@H]1CCCC[C@H]1C(=O)N1CCc2c(Cl)ccc(OCc3cn(C)cn3)c2[C@H]1CN1CC2(CC2)CC1=O. The smallest absolute Gasteiger partial charge is 0.226 e. The molecule has 2 aliphatic heterocycles. The Morgan fingerprint density at radius 1 is 1.24 bits per heavy atom. The Morgan fingerprint density at radius 2 is 2.05 bits per heavy atom. The number of amides is 2. The average Bonchev–Trinajstić information content (AvgIpc) is 3.38. The molecule has 1 saturated heterocycles. The Kier molecular flexibility index (Phi) is 6.46. The summed E-state index contributed by atoms with van der Waals surface area (Å²) >= 11 is 6.74. The second kappa shape index (κ2) is 9.64. The van der Waals surface area contributed by atoms with Gasteiger partial charge in [0, 0.05) is 55.8 Å². The fourth-order valence-electron chi connectivity index (χ4n) is 6.82. The molecule has 2 amide bonds. The van der Waals surface area contributed by atoms with Gasteiger partial charge in [-0.15, -0.1) is 0 Å². The molecule has 2 saturated carbocycles. The third-order valence-electron chi connectivity index (χ3n) is 9.17. The molecule has 37 heavy (non-hydrogen) atoms. The van der Waals surface area contributed by atoms with Crippen molar-refractivity contribution in [3.63, 3.8) is 0 Å². The minimum Gasteiger partial charge on any atom is -0.487 e. The number of likely N-dealkylation sites (tertiary alicyclic amines) is 1. The molecule has 7 nitrogen and oxygen atoms in total. The molecule has 0 bridgehead atoms. The summed E-state index contributed by atoms with van der Waals surface area (Å²) in [5.41, 5.74) is 3.02. The molecule has 3 heterocycles. The molecule has 2 aromatic rings. The number of carbonyl (C=O) groups is 2. The maximum Gasteiger partial charge on any atom is 0.226 e. The highest BCUT2D eigenvalue weighted by Crippen LogP contribution is 2.54. The lowest BCUT2D eigenvalue weighted by atomic mass is 9.78. The van der Waals surface area contributed by atoms with Crippen molar-refractivity contribution >= 4 is 23.4 Å².